The summed E-state index contributed by atoms with van der Waals surface area (Å²) in [5.41, 5.74) is 4.03. The Morgan fingerprint density at radius 3 is 2.40 bits per heavy atom. The molecule has 0 atom stereocenters. The van der Waals surface area contributed by atoms with Crippen molar-refractivity contribution in [3.63, 3.8) is 0 Å². The van der Waals surface area contributed by atoms with Crippen LogP contribution in [0.3, 0.4) is 0 Å². The molecule has 3 aromatic carbocycles. The third-order valence-electron chi connectivity index (χ3n) is 7.34. The van der Waals surface area contributed by atoms with Crippen LogP contribution in [0.4, 0.5) is 15.0 Å². The first-order valence-corrected chi connectivity index (χ1v) is 14.9. The summed E-state index contributed by atoms with van der Waals surface area (Å²) in [7, 11) is 0. The van der Waals surface area contributed by atoms with E-state index in [-0.39, 0.29) is 24.1 Å². The van der Waals surface area contributed by atoms with Crippen LogP contribution in [0.5, 0.6) is 5.88 Å². The first-order chi connectivity index (χ1) is 21.6. The summed E-state index contributed by atoms with van der Waals surface area (Å²) >= 11 is 0. The second-order valence-corrected chi connectivity index (χ2v) is 11.7. The molecule has 0 bridgehead atoms. The minimum Gasteiger partial charge on any atom is -0.472 e. The number of ether oxygens (including phenoxy) is 1. The average Bonchev–Trinajstić information content (AvgIpc) is 3.45. The van der Waals surface area contributed by atoms with Crippen molar-refractivity contribution in [3.8, 4) is 11.6 Å². The van der Waals surface area contributed by atoms with Gasteiger partial charge in [-0.05, 0) is 41.3 Å². The lowest BCUT2D eigenvalue weighted by molar-refractivity contribution is 0.251. The van der Waals surface area contributed by atoms with Crippen LogP contribution in [-0.2, 0) is 31.5 Å². The smallest absolute Gasteiger partial charge is 0.320 e. The molecule has 0 saturated carbocycles. The molecule has 0 aliphatic carbocycles. The summed E-state index contributed by atoms with van der Waals surface area (Å²) in [5.74, 6) is 0.316. The van der Waals surface area contributed by atoms with E-state index < -0.39 is 11.8 Å². The van der Waals surface area contributed by atoms with Crippen molar-refractivity contribution in [2.45, 2.75) is 59.2 Å². The summed E-state index contributed by atoms with van der Waals surface area (Å²) in [6.07, 6.45) is 1.99. The van der Waals surface area contributed by atoms with E-state index >= 15 is 0 Å². The van der Waals surface area contributed by atoms with Gasteiger partial charge in [0.25, 0.3) is 5.56 Å². The number of halogens is 1. The Morgan fingerprint density at radius 1 is 0.956 bits per heavy atom. The van der Waals surface area contributed by atoms with E-state index in [9.17, 15) is 14.0 Å². The highest BCUT2D eigenvalue weighted by molar-refractivity contribution is 5.88. The number of nitrogens with zero attached hydrogens (tertiary/aromatic N) is 4. The lowest BCUT2D eigenvalue weighted by Crippen LogP contribution is -2.29. The number of amides is 2. The van der Waals surface area contributed by atoms with Crippen molar-refractivity contribution in [1.29, 1.82) is 0 Å². The van der Waals surface area contributed by atoms with Crippen LogP contribution < -0.4 is 20.9 Å². The van der Waals surface area contributed by atoms with Gasteiger partial charge in [0.1, 0.15) is 24.6 Å². The molecule has 0 aliphatic rings. The number of carbonyl (C=O) groups excluding carboxylic acids is 1. The van der Waals surface area contributed by atoms with E-state index in [4.69, 9.17) is 4.74 Å². The van der Waals surface area contributed by atoms with Gasteiger partial charge in [0.2, 0.25) is 5.88 Å². The van der Waals surface area contributed by atoms with Gasteiger partial charge in [0, 0.05) is 18.0 Å². The van der Waals surface area contributed by atoms with Gasteiger partial charge in [-0.3, -0.25) is 14.7 Å². The van der Waals surface area contributed by atoms with Crippen molar-refractivity contribution in [2.75, 3.05) is 5.32 Å². The molecule has 0 spiro atoms. The lowest BCUT2D eigenvalue weighted by atomic mass is 9.92. The molecule has 232 valence electrons. The van der Waals surface area contributed by atoms with Gasteiger partial charge in [0.05, 0.1) is 23.5 Å². The summed E-state index contributed by atoms with van der Waals surface area (Å²) in [6, 6.07) is 24.7. The van der Waals surface area contributed by atoms with E-state index in [0.29, 0.717) is 35.9 Å². The number of hydrogen-bond donors (Lipinski definition) is 2. The van der Waals surface area contributed by atoms with E-state index in [1.807, 2.05) is 82.3 Å². The number of benzene rings is 3. The highest BCUT2D eigenvalue weighted by Crippen LogP contribution is 2.26. The molecular weight excluding hydrogens is 571 g/mol. The molecule has 0 unspecified atom stereocenters. The maximum absolute atomic E-state index is 14.0. The summed E-state index contributed by atoms with van der Waals surface area (Å²) in [6.45, 7) is 8.77. The summed E-state index contributed by atoms with van der Waals surface area (Å²) in [5, 5.41) is 10.4. The number of anilines is 1. The van der Waals surface area contributed by atoms with Crippen LogP contribution in [0.25, 0.3) is 5.69 Å². The van der Waals surface area contributed by atoms with Crippen LogP contribution >= 0.6 is 0 Å². The molecule has 9 nitrogen and oxygen atoms in total. The molecule has 0 aliphatic heterocycles. The fourth-order valence-electron chi connectivity index (χ4n) is 4.83. The predicted molar refractivity (Wildman–Crippen MR) is 172 cm³/mol. The predicted octanol–water partition coefficient (Wildman–Crippen LogP) is 6.38. The van der Waals surface area contributed by atoms with Crippen molar-refractivity contribution in [3.05, 3.63) is 135 Å². The van der Waals surface area contributed by atoms with E-state index in [1.54, 1.807) is 22.8 Å². The number of rotatable bonds is 10. The summed E-state index contributed by atoms with van der Waals surface area (Å²) < 4.78 is 23.2. The van der Waals surface area contributed by atoms with Gasteiger partial charge in [0.15, 0.2) is 0 Å². The number of nitrogens with one attached hydrogen (secondary N) is 2. The molecular formula is C35H37FN6O3. The average molecular weight is 609 g/mol. The third kappa shape index (κ3) is 7.64. The largest absolute Gasteiger partial charge is 0.472 e. The van der Waals surface area contributed by atoms with Crippen molar-refractivity contribution in [1.82, 2.24) is 24.6 Å². The first-order valence-electron chi connectivity index (χ1n) is 14.9. The van der Waals surface area contributed by atoms with Crippen molar-refractivity contribution < 1.29 is 13.9 Å². The van der Waals surface area contributed by atoms with Gasteiger partial charge in [-0.15, -0.1) is 0 Å². The van der Waals surface area contributed by atoms with Crippen LogP contribution in [0, 0.1) is 5.82 Å². The van der Waals surface area contributed by atoms with Gasteiger partial charge in [-0.2, -0.15) is 5.10 Å². The molecule has 5 rings (SSSR count). The molecule has 2 aromatic heterocycles. The van der Waals surface area contributed by atoms with Crippen LogP contribution in [-0.4, -0.2) is 25.4 Å². The van der Waals surface area contributed by atoms with E-state index in [2.05, 4.69) is 20.7 Å². The van der Waals surface area contributed by atoms with Crippen LogP contribution in [0.1, 0.15) is 55.6 Å². The standard InChI is InChI=1S/C35H37FN6O3/c1-5-29-32(38-23-41(33(29)43)21-24-12-7-6-8-13-24)45-22-26-15-10-9-14-25(26)20-37-34(44)39-31-19-30(35(2,3)4)40-42(31)28-17-11-16-27(36)18-28/h6-19,23H,5,20-22H2,1-4H3,(H2,37,39,44). The Morgan fingerprint density at radius 2 is 1.69 bits per heavy atom. The second-order valence-electron chi connectivity index (χ2n) is 11.7. The fourth-order valence-corrected chi connectivity index (χ4v) is 4.83. The minimum atomic E-state index is -0.444. The van der Waals surface area contributed by atoms with Gasteiger partial charge in [-0.25, -0.2) is 18.9 Å². The maximum atomic E-state index is 14.0. The lowest BCUT2D eigenvalue weighted by Gasteiger charge is -2.15. The number of aromatic nitrogens is 4. The Hall–Kier alpha value is -5.25. The van der Waals surface area contributed by atoms with Crippen molar-refractivity contribution >= 4 is 11.8 Å². The van der Waals surface area contributed by atoms with E-state index in [1.165, 1.54) is 23.1 Å². The molecule has 0 fully saturated rings. The second kappa shape index (κ2) is 13.6. The fraction of sp³-hybridized carbons (Fsp3) is 0.257. The molecule has 10 heteroatoms. The molecule has 2 heterocycles. The van der Waals surface area contributed by atoms with E-state index in [0.717, 1.165) is 22.4 Å². The zero-order chi connectivity index (χ0) is 32.0. The zero-order valence-electron chi connectivity index (χ0n) is 25.9. The third-order valence-corrected chi connectivity index (χ3v) is 7.34. The minimum absolute atomic E-state index is 0.134. The molecule has 5 aromatic rings. The first kappa shape index (κ1) is 31.2. The SMILES string of the molecule is CCc1c(OCc2ccccc2CNC(=O)Nc2cc(C(C)(C)C)nn2-c2cccc(F)c2)ncn(Cc2ccccc2)c1=O. The van der Waals surface area contributed by atoms with Crippen LogP contribution in [0.2, 0.25) is 0 Å². The zero-order valence-corrected chi connectivity index (χ0v) is 25.9. The quantitative estimate of drug-likeness (QED) is 0.192. The molecule has 0 radical (unpaired) electrons. The Bertz CT molecular complexity index is 1840. The Labute approximate surface area is 261 Å². The number of carbonyl (C=O) groups is 1. The molecule has 2 N–H and O–H groups in total. The highest BCUT2D eigenvalue weighted by Gasteiger charge is 2.22. The van der Waals surface area contributed by atoms with Gasteiger partial charge in [-0.1, -0.05) is 88.4 Å². The molecule has 2 amide bonds. The number of hydrogen-bond acceptors (Lipinski definition) is 5. The van der Waals surface area contributed by atoms with Gasteiger partial charge < -0.3 is 10.1 Å². The van der Waals surface area contributed by atoms with Gasteiger partial charge >= 0.3 is 6.03 Å². The summed E-state index contributed by atoms with van der Waals surface area (Å²) in [4.78, 5) is 30.7. The number of urea groups is 1. The maximum Gasteiger partial charge on any atom is 0.320 e. The normalized spacial score (nSPS) is 11.3. The monoisotopic (exact) mass is 608 g/mol. The Kier molecular flexibility index (Phi) is 9.42. The topological polar surface area (TPSA) is 103 Å². The molecule has 45 heavy (non-hydrogen) atoms. The van der Waals surface area contributed by atoms with Crippen LogP contribution in [0.15, 0.2) is 96.1 Å². The Balaban J connectivity index is 1.27. The van der Waals surface area contributed by atoms with Crippen molar-refractivity contribution in [2.24, 2.45) is 0 Å². The molecule has 0 saturated heterocycles. The highest BCUT2D eigenvalue weighted by atomic mass is 19.1.